The Hall–Kier alpha value is -0.610. The fourth-order valence-corrected chi connectivity index (χ4v) is 4.07. The number of hydrogen-bond acceptors (Lipinski definition) is 3. The largest absolute Gasteiger partial charge is 0.381 e. The van der Waals surface area contributed by atoms with Crippen LogP contribution >= 0.6 is 0 Å². The van der Waals surface area contributed by atoms with Gasteiger partial charge in [-0.05, 0) is 43.4 Å². The van der Waals surface area contributed by atoms with Gasteiger partial charge in [0.25, 0.3) is 0 Å². The monoisotopic (exact) mass is 266 g/mol. The summed E-state index contributed by atoms with van der Waals surface area (Å²) in [5.41, 5.74) is 6.21. The number of likely N-dealkylation sites (tertiary alicyclic amines) is 1. The second-order valence-corrected chi connectivity index (χ2v) is 6.52. The minimum Gasteiger partial charge on any atom is -0.381 e. The zero-order chi connectivity index (χ0) is 13.2. The first-order valence-electron chi connectivity index (χ1n) is 7.88. The van der Waals surface area contributed by atoms with Crippen molar-refractivity contribution in [2.24, 2.45) is 23.5 Å². The molecule has 3 aliphatic rings. The highest BCUT2D eigenvalue weighted by Gasteiger charge is 2.39. The molecule has 3 atom stereocenters. The van der Waals surface area contributed by atoms with Crippen LogP contribution in [0.5, 0.6) is 0 Å². The van der Waals surface area contributed by atoms with Crippen LogP contribution in [-0.4, -0.2) is 43.2 Å². The summed E-state index contributed by atoms with van der Waals surface area (Å²) in [6, 6.07) is -0.302. The van der Waals surface area contributed by atoms with Crippen molar-refractivity contribution in [1.29, 1.82) is 0 Å². The molecule has 3 rings (SSSR count). The molecular formula is C15H26N2O2. The second kappa shape index (κ2) is 5.80. The van der Waals surface area contributed by atoms with Gasteiger partial charge in [-0.1, -0.05) is 12.8 Å². The molecule has 4 nitrogen and oxygen atoms in total. The summed E-state index contributed by atoms with van der Waals surface area (Å²) in [5, 5.41) is 0. The predicted molar refractivity (Wildman–Crippen MR) is 73.5 cm³/mol. The minimum absolute atomic E-state index is 0.196. The Bertz CT molecular complexity index is 314. The van der Waals surface area contributed by atoms with Crippen LogP contribution in [-0.2, 0) is 9.53 Å². The summed E-state index contributed by atoms with van der Waals surface area (Å²) in [7, 11) is 0. The third-order valence-corrected chi connectivity index (χ3v) is 5.35. The number of ether oxygens (including phenoxy) is 1. The fourth-order valence-electron chi connectivity index (χ4n) is 4.07. The molecule has 1 saturated carbocycles. The molecule has 19 heavy (non-hydrogen) atoms. The molecule has 3 fully saturated rings. The summed E-state index contributed by atoms with van der Waals surface area (Å²) < 4.78 is 5.35. The Labute approximate surface area is 115 Å². The number of hydrogen-bond donors (Lipinski definition) is 1. The summed E-state index contributed by atoms with van der Waals surface area (Å²) in [6.45, 7) is 3.44. The highest BCUT2D eigenvalue weighted by Crippen LogP contribution is 2.36. The lowest BCUT2D eigenvalue weighted by Gasteiger charge is -2.29. The van der Waals surface area contributed by atoms with E-state index in [1.165, 1.54) is 25.7 Å². The van der Waals surface area contributed by atoms with Gasteiger partial charge in [-0.25, -0.2) is 0 Å². The van der Waals surface area contributed by atoms with Crippen molar-refractivity contribution >= 4 is 5.91 Å². The molecule has 0 aromatic heterocycles. The molecule has 4 heteroatoms. The summed E-state index contributed by atoms with van der Waals surface area (Å²) in [6.07, 6.45) is 7.17. The van der Waals surface area contributed by atoms with E-state index in [9.17, 15) is 4.79 Å². The smallest absolute Gasteiger partial charge is 0.239 e. The topological polar surface area (TPSA) is 55.6 Å². The summed E-state index contributed by atoms with van der Waals surface area (Å²) in [5.74, 6) is 2.02. The maximum atomic E-state index is 12.5. The van der Waals surface area contributed by atoms with Crippen molar-refractivity contribution in [1.82, 2.24) is 4.90 Å². The van der Waals surface area contributed by atoms with Crippen molar-refractivity contribution < 1.29 is 9.53 Å². The third-order valence-electron chi connectivity index (χ3n) is 5.35. The zero-order valence-electron chi connectivity index (χ0n) is 11.7. The molecule has 1 aliphatic carbocycles. The maximum absolute atomic E-state index is 12.5. The van der Waals surface area contributed by atoms with Gasteiger partial charge in [0, 0.05) is 26.3 Å². The van der Waals surface area contributed by atoms with Gasteiger partial charge in [0.2, 0.25) is 5.91 Å². The quantitative estimate of drug-likeness (QED) is 0.821. The molecule has 2 N–H and O–H groups in total. The standard InChI is InChI=1S/C15H26N2O2/c16-14(11-5-7-19-8-6-11)15(18)17-9-12-3-1-2-4-13(12)10-17/h11-14H,1-10,16H2. The molecule has 0 radical (unpaired) electrons. The third kappa shape index (κ3) is 2.79. The van der Waals surface area contributed by atoms with Crippen molar-refractivity contribution in [3.63, 3.8) is 0 Å². The highest BCUT2D eigenvalue weighted by atomic mass is 16.5. The Balaban J connectivity index is 1.57. The molecule has 0 bridgehead atoms. The molecule has 2 heterocycles. The molecule has 0 spiro atoms. The SMILES string of the molecule is NC(C(=O)N1CC2CCCCC2C1)C1CCOCC1. The number of amides is 1. The van der Waals surface area contributed by atoms with E-state index in [1.807, 2.05) is 0 Å². The van der Waals surface area contributed by atoms with E-state index < -0.39 is 0 Å². The number of carbonyl (C=O) groups excluding carboxylic acids is 1. The van der Waals surface area contributed by atoms with Gasteiger partial charge in [0.15, 0.2) is 0 Å². The lowest BCUT2D eigenvalue weighted by molar-refractivity contribution is -0.133. The first-order valence-corrected chi connectivity index (χ1v) is 7.88. The van der Waals surface area contributed by atoms with Gasteiger partial charge < -0.3 is 15.4 Å². The highest BCUT2D eigenvalue weighted by molar-refractivity contribution is 5.82. The predicted octanol–water partition coefficient (Wildman–Crippen LogP) is 1.39. The number of carbonyl (C=O) groups is 1. The minimum atomic E-state index is -0.302. The van der Waals surface area contributed by atoms with Crippen molar-refractivity contribution in [2.45, 2.75) is 44.6 Å². The van der Waals surface area contributed by atoms with Crippen LogP contribution in [0.25, 0.3) is 0 Å². The summed E-state index contributed by atoms with van der Waals surface area (Å²) >= 11 is 0. The van der Waals surface area contributed by atoms with E-state index in [4.69, 9.17) is 10.5 Å². The van der Waals surface area contributed by atoms with Crippen LogP contribution in [0.1, 0.15) is 38.5 Å². The van der Waals surface area contributed by atoms with Crippen molar-refractivity contribution in [2.75, 3.05) is 26.3 Å². The van der Waals surface area contributed by atoms with Gasteiger partial charge in [-0.3, -0.25) is 4.79 Å². The van der Waals surface area contributed by atoms with Crippen LogP contribution < -0.4 is 5.73 Å². The number of nitrogens with zero attached hydrogens (tertiary/aromatic N) is 1. The molecule has 2 aliphatic heterocycles. The fraction of sp³-hybridized carbons (Fsp3) is 0.933. The van der Waals surface area contributed by atoms with E-state index in [0.717, 1.165) is 51.0 Å². The van der Waals surface area contributed by atoms with Crippen LogP contribution in [0.3, 0.4) is 0 Å². The maximum Gasteiger partial charge on any atom is 0.239 e. The Morgan fingerprint density at radius 3 is 2.21 bits per heavy atom. The lowest BCUT2D eigenvalue weighted by Crippen LogP contribution is -2.48. The first kappa shape index (κ1) is 13.4. The number of rotatable bonds is 2. The normalized spacial score (nSPS) is 34.1. The summed E-state index contributed by atoms with van der Waals surface area (Å²) in [4.78, 5) is 14.6. The Morgan fingerprint density at radius 1 is 1.05 bits per heavy atom. The number of nitrogens with two attached hydrogens (primary N) is 1. The molecule has 0 aromatic rings. The van der Waals surface area contributed by atoms with Gasteiger partial charge in [0.05, 0.1) is 6.04 Å². The van der Waals surface area contributed by atoms with Crippen molar-refractivity contribution in [3.05, 3.63) is 0 Å². The zero-order valence-corrected chi connectivity index (χ0v) is 11.7. The van der Waals surface area contributed by atoms with Gasteiger partial charge in [-0.15, -0.1) is 0 Å². The average Bonchev–Trinajstić information content (AvgIpc) is 2.90. The van der Waals surface area contributed by atoms with Crippen LogP contribution in [0.15, 0.2) is 0 Å². The van der Waals surface area contributed by atoms with Gasteiger partial charge in [0.1, 0.15) is 0 Å². The van der Waals surface area contributed by atoms with E-state index >= 15 is 0 Å². The van der Waals surface area contributed by atoms with E-state index in [-0.39, 0.29) is 11.9 Å². The first-order chi connectivity index (χ1) is 9.25. The Kier molecular flexibility index (Phi) is 4.08. The van der Waals surface area contributed by atoms with Gasteiger partial charge >= 0.3 is 0 Å². The van der Waals surface area contributed by atoms with Crippen LogP contribution in [0.4, 0.5) is 0 Å². The van der Waals surface area contributed by atoms with E-state index in [1.54, 1.807) is 0 Å². The second-order valence-electron chi connectivity index (χ2n) is 6.52. The van der Waals surface area contributed by atoms with E-state index in [0.29, 0.717) is 5.92 Å². The van der Waals surface area contributed by atoms with Crippen molar-refractivity contribution in [3.8, 4) is 0 Å². The molecule has 0 aromatic carbocycles. The van der Waals surface area contributed by atoms with Crippen LogP contribution in [0.2, 0.25) is 0 Å². The van der Waals surface area contributed by atoms with Crippen LogP contribution in [0, 0.1) is 17.8 Å². The molecular weight excluding hydrogens is 240 g/mol. The van der Waals surface area contributed by atoms with E-state index in [2.05, 4.69) is 4.90 Å². The number of fused-ring (bicyclic) bond motifs is 1. The molecule has 108 valence electrons. The molecule has 1 amide bonds. The molecule has 3 unspecified atom stereocenters. The lowest BCUT2D eigenvalue weighted by atomic mass is 9.82. The molecule has 2 saturated heterocycles. The average molecular weight is 266 g/mol. The Morgan fingerprint density at radius 2 is 1.63 bits per heavy atom. The van der Waals surface area contributed by atoms with Gasteiger partial charge in [-0.2, -0.15) is 0 Å².